The van der Waals surface area contributed by atoms with Crippen LogP contribution >= 0.6 is 11.6 Å². The molecule has 0 radical (unpaired) electrons. The van der Waals surface area contributed by atoms with Gasteiger partial charge in [-0.05, 0) is 55.7 Å². The molecule has 2 fully saturated rings. The van der Waals surface area contributed by atoms with Crippen LogP contribution in [-0.4, -0.2) is 42.0 Å². The van der Waals surface area contributed by atoms with Gasteiger partial charge in [-0.1, -0.05) is 18.5 Å². The Hall–Kier alpha value is -2.14. The highest BCUT2D eigenvalue weighted by Gasteiger charge is 2.57. The summed E-state index contributed by atoms with van der Waals surface area (Å²) in [5.41, 5.74) is -1.60. The van der Waals surface area contributed by atoms with Crippen LogP contribution in [0.1, 0.15) is 43.0 Å². The average Bonchev–Trinajstić information content (AvgIpc) is 2.98. The topological polar surface area (TPSA) is 104 Å². The minimum atomic E-state index is -4.00. The summed E-state index contributed by atoms with van der Waals surface area (Å²) >= 11 is 6.21. The largest absolute Gasteiger partial charge is 0.396 e. The number of aliphatic hydroxyl groups is 2. The molecule has 6 nitrogen and oxygen atoms in total. The van der Waals surface area contributed by atoms with E-state index in [2.05, 4.69) is 5.32 Å². The number of nitrogens with one attached hydrogen (secondary N) is 1. The van der Waals surface area contributed by atoms with E-state index in [-0.39, 0.29) is 58.4 Å². The highest BCUT2D eigenvalue weighted by molar-refractivity contribution is 7.92. The number of carbonyl (C=O) groups is 1. The predicted octanol–water partition coefficient (Wildman–Crippen LogP) is 4.33. The number of carbonyl (C=O) groups excluding carboxylic acids is 1. The van der Waals surface area contributed by atoms with E-state index in [0.717, 1.165) is 6.07 Å². The van der Waals surface area contributed by atoms with Gasteiger partial charge in [0.1, 0.15) is 0 Å². The minimum Gasteiger partial charge on any atom is -0.396 e. The number of amides is 1. The van der Waals surface area contributed by atoms with E-state index in [9.17, 15) is 36.6 Å². The number of fused-ring (bicyclic) bond motifs is 2. The van der Waals surface area contributed by atoms with Crippen molar-refractivity contribution in [3.05, 3.63) is 58.4 Å². The second-order valence-electron chi connectivity index (χ2n) is 9.43. The standard InChI is InChI=1S/C24H25ClF3NO5S/c1-12(11-30)24(32)14-3-4-15(24)8-17(7-14)35(33,34)21-6-13(2-5-18(21)25)23(31)29-16-9-19(26)22(28)20(27)10-16/h2,5-6,9-10,12,14-15,17,30,32H,3-4,7-8,11H2,1H3,(H,29,31)/t12?,14-,15?,17-,24-/m0/s1. The Bertz CT molecular complexity index is 1230. The fraction of sp³-hybridized carbons (Fsp3) is 0.458. The molecule has 35 heavy (non-hydrogen) atoms. The molecule has 0 spiro atoms. The summed E-state index contributed by atoms with van der Waals surface area (Å²) in [4.78, 5) is 12.4. The van der Waals surface area contributed by atoms with Gasteiger partial charge >= 0.3 is 0 Å². The zero-order valence-corrected chi connectivity index (χ0v) is 20.3. The van der Waals surface area contributed by atoms with Crippen molar-refractivity contribution in [1.82, 2.24) is 0 Å². The van der Waals surface area contributed by atoms with E-state index in [1.165, 1.54) is 12.1 Å². The molecular weight excluding hydrogens is 507 g/mol. The highest BCUT2D eigenvalue weighted by atomic mass is 35.5. The molecule has 2 aromatic rings. The van der Waals surface area contributed by atoms with Crippen LogP contribution in [0.15, 0.2) is 35.2 Å². The Morgan fingerprint density at radius 2 is 1.71 bits per heavy atom. The van der Waals surface area contributed by atoms with Gasteiger partial charge in [0.15, 0.2) is 27.3 Å². The summed E-state index contributed by atoms with van der Waals surface area (Å²) in [5.74, 6) is -6.49. The monoisotopic (exact) mass is 531 g/mol. The Kier molecular flexibility index (Phi) is 6.95. The Balaban J connectivity index is 1.60. The smallest absolute Gasteiger partial charge is 0.255 e. The fourth-order valence-corrected chi connectivity index (χ4v) is 8.02. The molecule has 0 heterocycles. The van der Waals surface area contributed by atoms with Gasteiger partial charge in [-0.2, -0.15) is 0 Å². The van der Waals surface area contributed by atoms with Crippen molar-refractivity contribution < 1.29 is 36.6 Å². The van der Waals surface area contributed by atoms with Crippen LogP contribution in [-0.2, 0) is 9.84 Å². The average molecular weight is 532 g/mol. The number of benzene rings is 2. The second-order valence-corrected chi connectivity index (χ2v) is 12.0. The first-order chi connectivity index (χ1) is 16.4. The van der Waals surface area contributed by atoms with Crippen molar-refractivity contribution in [2.24, 2.45) is 17.8 Å². The number of hydrogen-bond donors (Lipinski definition) is 3. The predicted molar refractivity (Wildman–Crippen MR) is 123 cm³/mol. The summed E-state index contributed by atoms with van der Waals surface area (Å²) in [6.07, 6.45) is 1.69. The molecule has 11 heteroatoms. The summed E-state index contributed by atoms with van der Waals surface area (Å²) in [6, 6.07) is 4.82. The maximum Gasteiger partial charge on any atom is 0.255 e. The molecule has 2 bridgehead atoms. The molecule has 0 aliphatic heterocycles. The van der Waals surface area contributed by atoms with Crippen molar-refractivity contribution in [2.45, 2.75) is 48.4 Å². The minimum absolute atomic E-state index is 0.0858. The maximum absolute atomic E-state index is 13.5. The number of halogens is 4. The number of anilines is 1. The van der Waals surface area contributed by atoms with Gasteiger partial charge in [0.05, 0.1) is 20.8 Å². The van der Waals surface area contributed by atoms with Gasteiger partial charge in [0.25, 0.3) is 5.91 Å². The van der Waals surface area contributed by atoms with E-state index in [1.54, 1.807) is 6.92 Å². The number of sulfone groups is 1. The third kappa shape index (κ3) is 4.45. The van der Waals surface area contributed by atoms with Crippen molar-refractivity contribution in [3.8, 4) is 0 Å². The summed E-state index contributed by atoms with van der Waals surface area (Å²) in [6.45, 7) is 1.55. The van der Waals surface area contributed by atoms with Crippen LogP contribution in [0.2, 0.25) is 5.02 Å². The lowest BCUT2D eigenvalue weighted by atomic mass is 9.68. The first kappa shape index (κ1) is 25.9. The van der Waals surface area contributed by atoms with Gasteiger partial charge in [0.2, 0.25) is 0 Å². The molecule has 2 aliphatic carbocycles. The van der Waals surface area contributed by atoms with E-state index in [4.69, 9.17) is 11.6 Å². The van der Waals surface area contributed by atoms with Crippen LogP contribution in [0, 0.1) is 35.2 Å². The molecule has 2 saturated carbocycles. The van der Waals surface area contributed by atoms with Crippen LogP contribution in [0.4, 0.5) is 18.9 Å². The number of hydrogen-bond acceptors (Lipinski definition) is 5. The second kappa shape index (κ2) is 9.38. The molecule has 1 amide bonds. The fourth-order valence-electron chi connectivity index (χ4n) is 5.62. The molecule has 0 aromatic heterocycles. The number of aliphatic hydroxyl groups excluding tert-OH is 1. The van der Waals surface area contributed by atoms with Crippen molar-refractivity contribution >= 4 is 33.0 Å². The summed E-state index contributed by atoms with van der Waals surface area (Å²) in [7, 11) is -4.00. The zero-order chi connectivity index (χ0) is 25.7. The van der Waals surface area contributed by atoms with Crippen LogP contribution in [0.5, 0.6) is 0 Å². The Morgan fingerprint density at radius 3 is 2.26 bits per heavy atom. The van der Waals surface area contributed by atoms with Crippen LogP contribution in [0.25, 0.3) is 0 Å². The van der Waals surface area contributed by atoms with Crippen molar-refractivity contribution in [1.29, 1.82) is 0 Å². The lowest BCUT2D eigenvalue weighted by Gasteiger charge is -2.45. The molecule has 0 saturated heterocycles. The summed E-state index contributed by atoms with van der Waals surface area (Å²) in [5, 5.41) is 22.1. The molecule has 190 valence electrons. The molecular formula is C24H25ClF3NO5S. The third-order valence-electron chi connectivity index (χ3n) is 7.51. The first-order valence-electron chi connectivity index (χ1n) is 11.2. The molecule has 2 unspecified atom stereocenters. The van der Waals surface area contributed by atoms with Gasteiger partial charge < -0.3 is 15.5 Å². The molecule has 2 aromatic carbocycles. The van der Waals surface area contributed by atoms with E-state index in [0.29, 0.717) is 25.0 Å². The quantitative estimate of drug-likeness (QED) is 0.481. The number of rotatable bonds is 6. The Labute approximate surface area is 206 Å². The van der Waals surface area contributed by atoms with Gasteiger partial charge in [-0.25, -0.2) is 21.6 Å². The lowest BCUT2D eigenvalue weighted by molar-refractivity contribution is -0.111. The van der Waals surface area contributed by atoms with E-state index in [1.807, 2.05) is 0 Å². The SMILES string of the molecule is CC(CO)[C@@]1(O)C2CC[C@H]1C[C@H](S(=O)(=O)c1cc(C(=O)Nc3cc(F)c(F)c(F)c3)ccc1Cl)C2. The van der Waals surface area contributed by atoms with E-state index >= 15 is 0 Å². The first-order valence-corrected chi connectivity index (χ1v) is 13.1. The van der Waals surface area contributed by atoms with Crippen molar-refractivity contribution in [3.63, 3.8) is 0 Å². The van der Waals surface area contributed by atoms with Crippen molar-refractivity contribution in [2.75, 3.05) is 11.9 Å². The lowest BCUT2D eigenvalue weighted by Crippen LogP contribution is -2.53. The van der Waals surface area contributed by atoms with Crippen LogP contribution in [0.3, 0.4) is 0 Å². The van der Waals surface area contributed by atoms with Gasteiger partial charge in [-0.3, -0.25) is 4.79 Å². The maximum atomic E-state index is 13.5. The van der Waals surface area contributed by atoms with Gasteiger partial charge in [0, 0.05) is 35.9 Å². The zero-order valence-electron chi connectivity index (χ0n) is 18.8. The Morgan fingerprint density at radius 1 is 1.14 bits per heavy atom. The third-order valence-corrected chi connectivity index (χ3v) is 10.2. The molecule has 2 aliphatic rings. The van der Waals surface area contributed by atoms with E-state index < -0.39 is 44.0 Å². The molecule has 3 N–H and O–H groups in total. The van der Waals surface area contributed by atoms with Gasteiger partial charge in [-0.15, -0.1) is 0 Å². The molecule has 4 rings (SSSR count). The van der Waals surface area contributed by atoms with Crippen LogP contribution < -0.4 is 5.32 Å². The summed E-state index contributed by atoms with van der Waals surface area (Å²) < 4.78 is 67.2. The molecule has 5 atom stereocenters. The normalized spacial score (nSPS) is 27.0. The highest BCUT2D eigenvalue weighted by Crippen LogP contribution is 2.55.